The van der Waals surface area contributed by atoms with Gasteiger partial charge in [0.2, 0.25) is 5.91 Å². The minimum Gasteiger partial charge on any atom is -0.383 e. The van der Waals surface area contributed by atoms with E-state index in [0.29, 0.717) is 26.1 Å². The van der Waals surface area contributed by atoms with Crippen LogP contribution in [0.3, 0.4) is 0 Å². The Bertz CT molecular complexity index is 629. The highest BCUT2D eigenvalue weighted by Crippen LogP contribution is 2.16. The fraction of sp³-hybridized carbons (Fsp3) is 0.611. The summed E-state index contributed by atoms with van der Waals surface area (Å²) in [4.78, 5) is 34.6. The average molecular weight is 346 g/mol. The molecule has 2 fully saturated rings. The number of aromatic nitrogens is 1. The number of hydrogen-bond donors (Lipinski definition) is 1. The number of hydrogen-bond acceptors (Lipinski definition) is 5. The number of piperazine rings is 1. The Kier molecular flexibility index (Phi) is 5.53. The molecule has 3 heterocycles. The lowest BCUT2D eigenvalue weighted by Crippen LogP contribution is -2.52. The molecular formula is C18H26N4O3. The van der Waals surface area contributed by atoms with Crippen molar-refractivity contribution in [2.75, 3.05) is 44.2 Å². The Labute approximate surface area is 148 Å². The third kappa shape index (κ3) is 4.28. The van der Waals surface area contributed by atoms with Gasteiger partial charge in [-0.05, 0) is 43.9 Å². The van der Waals surface area contributed by atoms with Gasteiger partial charge in [-0.25, -0.2) is 4.98 Å². The monoisotopic (exact) mass is 346 g/mol. The van der Waals surface area contributed by atoms with E-state index in [1.54, 1.807) is 11.1 Å². The number of carbonyl (C=O) groups excluding carboxylic acids is 2. The van der Waals surface area contributed by atoms with Crippen LogP contribution in [0.15, 0.2) is 18.3 Å². The van der Waals surface area contributed by atoms with Crippen LogP contribution in [0.5, 0.6) is 0 Å². The van der Waals surface area contributed by atoms with Gasteiger partial charge in [-0.3, -0.25) is 9.59 Å². The summed E-state index contributed by atoms with van der Waals surface area (Å²) in [5, 5.41) is 9.80. The largest absolute Gasteiger partial charge is 0.383 e. The van der Waals surface area contributed by atoms with Gasteiger partial charge in [-0.15, -0.1) is 0 Å². The van der Waals surface area contributed by atoms with Gasteiger partial charge < -0.3 is 19.8 Å². The second-order valence-electron chi connectivity index (χ2n) is 6.83. The summed E-state index contributed by atoms with van der Waals surface area (Å²) < 4.78 is 0. The topological polar surface area (TPSA) is 77.0 Å². The first-order valence-electron chi connectivity index (χ1n) is 8.97. The molecule has 2 saturated heterocycles. The van der Waals surface area contributed by atoms with Crippen LogP contribution in [0.25, 0.3) is 0 Å². The van der Waals surface area contributed by atoms with Crippen molar-refractivity contribution in [2.45, 2.75) is 32.3 Å². The molecule has 0 aromatic carbocycles. The summed E-state index contributed by atoms with van der Waals surface area (Å²) in [7, 11) is 0. The molecular weight excluding hydrogens is 320 g/mol. The van der Waals surface area contributed by atoms with Crippen LogP contribution in [0.1, 0.15) is 24.8 Å². The van der Waals surface area contributed by atoms with Gasteiger partial charge in [0.25, 0.3) is 5.91 Å². The molecule has 7 nitrogen and oxygen atoms in total. The molecule has 1 aromatic heterocycles. The number of aliphatic hydroxyl groups is 1. The maximum Gasteiger partial charge on any atom is 0.251 e. The molecule has 1 unspecified atom stereocenters. The molecule has 1 N–H and O–H groups in total. The lowest BCUT2D eigenvalue weighted by molar-refractivity contribution is -0.145. The van der Waals surface area contributed by atoms with E-state index in [2.05, 4.69) is 16.0 Å². The molecule has 3 rings (SSSR count). The van der Waals surface area contributed by atoms with Crippen molar-refractivity contribution in [3.05, 3.63) is 23.9 Å². The zero-order valence-electron chi connectivity index (χ0n) is 14.7. The van der Waals surface area contributed by atoms with Crippen LogP contribution in [0, 0.1) is 6.92 Å². The molecule has 25 heavy (non-hydrogen) atoms. The molecule has 7 heteroatoms. The summed E-state index contributed by atoms with van der Waals surface area (Å²) in [6.45, 7) is 5.38. The summed E-state index contributed by atoms with van der Waals surface area (Å²) >= 11 is 0. The first-order valence-corrected chi connectivity index (χ1v) is 8.97. The molecule has 0 bridgehead atoms. The quantitative estimate of drug-likeness (QED) is 0.858. The maximum absolute atomic E-state index is 12.5. The first kappa shape index (κ1) is 17.7. The predicted octanol–water partition coefficient (Wildman–Crippen LogP) is 0.412. The highest BCUT2D eigenvalue weighted by atomic mass is 16.3. The predicted molar refractivity (Wildman–Crippen MR) is 94.2 cm³/mol. The number of pyridine rings is 1. The molecule has 0 radical (unpaired) electrons. The average Bonchev–Trinajstić information content (AvgIpc) is 2.77. The van der Waals surface area contributed by atoms with Crippen LogP contribution in [-0.4, -0.2) is 77.1 Å². The van der Waals surface area contributed by atoms with E-state index in [4.69, 9.17) is 0 Å². The second-order valence-corrected chi connectivity index (χ2v) is 6.83. The van der Waals surface area contributed by atoms with Gasteiger partial charge in [0, 0.05) is 38.9 Å². The smallest absolute Gasteiger partial charge is 0.251 e. The Morgan fingerprint density at radius 3 is 2.72 bits per heavy atom. The Balaban J connectivity index is 1.53. The van der Waals surface area contributed by atoms with Crippen molar-refractivity contribution in [3.63, 3.8) is 0 Å². The Morgan fingerprint density at radius 2 is 2.00 bits per heavy atom. The van der Waals surface area contributed by atoms with Gasteiger partial charge in [0.1, 0.15) is 11.9 Å². The molecule has 0 saturated carbocycles. The molecule has 136 valence electrons. The van der Waals surface area contributed by atoms with E-state index in [0.717, 1.165) is 31.7 Å². The van der Waals surface area contributed by atoms with Crippen molar-refractivity contribution in [1.82, 2.24) is 14.8 Å². The number of anilines is 1. The minimum absolute atomic E-state index is 0.0423. The van der Waals surface area contributed by atoms with Crippen molar-refractivity contribution >= 4 is 17.6 Å². The lowest BCUT2D eigenvalue weighted by Gasteiger charge is -2.36. The van der Waals surface area contributed by atoms with Crippen LogP contribution >= 0.6 is 0 Å². The number of nitrogens with zero attached hydrogens (tertiary/aromatic N) is 4. The van der Waals surface area contributed by atoms with Crippen molar-refractivity contribution in [1.29, 1.82) is 0 Å². The van der Waals surface area contributed by atoms with Gasteiger partial charge in [-0.1, -0.05) is 0 Å². The van der Waals surface area contributed by atoms with Gasteiger partial charge >= 0.3 is 0 Å². The fourth-order valence-electron chi connectivity index (χ4n) is 3.38. The third-order valence-corrected chi connectivity index (χ3v) is 4.94. The van der Waals surface area contributed by atoms with E-state index in [1.807, 2.05) is 13.0 Å². The van der Waals surface area contributed by atoms with E-state index < -0.39 is 6.10 Å². The lowest BCUT2D eigenvalue weighted by atomic mass is 10.2. The highest BCUT2D eigenvalue weighted by Gasteiger charge is 2.29. The van der Waals surface area contributed by atoms with Crippen LogP contribution in [-0.2, 0) is 9.59 Å². The standard InChI is InChI=1S/C18H26N4O3/c1-14-5-6-19-16(12-14)20-8-10-21(11-9-20)17(24)13-22-7-3-2-4-15(23)18(22)25/h5-6,12,15,23H,2-4,7-11,13H2,1H3. The summed E-state index contributed by atoms with van der Waals surface area (Å²) in [6, 6.07) is 4.02. The molecule has 0 aliphatic carbocycles. The van der Waals surface area contributed by atoms with Crippen LogP contribution < -0.4 is 4.90 Å². The van der Waals surface area contributed by atoms with Gasteiger partial charge in [0.05, 0.1) is 6.54 Å². The molecule has 1 atom stereocenters. The molecule has 0 spiro atoms. The van der Waals surface area contributed by atoms with Gasteiger partial charge in [-0.2, -0.15) is 0 Å². The summed E-state index contributed by atoms with van der Waals surface area (Å²) in [5.41, 5.74) is 1.17. The van der Waals surface area contributed by atoms with E-state index in [-0.39, 0.29) is 18.4 Å². The highest BCUT2D eigenvalue weighted by molar-refractivity contribution is 5.87. The number of rotatable bonds is 3. The van der Waals surface area contributed by atoms with E-state index in [1.165, 1.54) is 10.5 Å². The Morgan fingerprint density at radius 1 is 1.24 bits per heavy atom. The van der Waals surface area contributed by atoms with Crippen molar-refractivity contribution in [3.8, 4) is 0 Å². The Hall–Kier alpha value is -2.15. The minimum atomic E-state index is -0.959. The molecule has 2 aliphatic rings. The first-order chi connectivity index (χ1) is 12.0. The van der Waals surface area contributed by atoms with E-state index >= 15 is 0 Å². The zero-order chi connectivity index (χ0) is 17.8. The second kappa shape index (κ2) is 7.82. The number of aryl methyl sites for hydroxylation is 1. The summed E-state index contributed by atoms with van der Waals surface area (Å²) in [5.74, 6) is 0.589. The molecule has 2 amide bonds. The molecule has 1 aromatic rings. The number of aliphatic hydroxyl groups excluding tert-OH is 1. The fourth-order valence-corrected chi connectivity index (χ4v) is 3.38. The van der Waals surface area contributed by atoms with E-state index in [9.17, 15) is 14.7 Å². The number of amides is 2. The van der Waals surface area contributed by atoms with Crippen molar-refractivity contribution in [2.24, 2.45) is 0 Å². The third-order valence-electron chi connectivity index (χ3n) is 4.94. The van der Waals surface area contributed by atoms with Crippen LogP contribution in [0.4, 0.5) is 5.82 Å². The number of likely N-dealkylation sites (tertiary alicyclic amines) is 1. The normalized spacial score (nSPS) is 22.1. The SMILES string of the molecule is Cc1ccnc(N2CCN(C(=O)CN3CCCCC(O)C3=O)CC2)c1. The molecule has 2 aliphatic heterocycles. The zero-order valence-corrected chi connectivity index (χ0v) is 14.7. The van der Waals surface area contributed by atoms with Gasteiger partial charge in [0.15, 0.2) is 0 Å². The summed E-state index contributed by atoms with van der Waals surface area (Å²) in [6.07, 6.45) is 2.99. The maximum atomic E-state index is 12.5. The number of carbonyl (C=O) groups is 2. The van der Waals surface area contributed by atoms with Crippen molar-refractivity contribution < 1.29 is 14.7 Å². The van der Waals surface area contributed by atoms with Crippen LogP contribution in [0.2, 0.25) is 0 Å².